The third-order valence-corrected chi connectivity index (χ3v) is 9.29. The van der Waals surface area contributed by atoms with Crippen LogP contribution in [0.25, 0.3) is 0 Å². The molecule has 4 aliphatic rings. The fourth-order valence-corrected chi connectivity index (χ4v) is 7.84. The minimum Gasteiger partial charge on any atom is -0.481 e. The van der Waals surface area contributed by atoms with Gasteiger partial charge in [-0.05, 0) is 79.4 Å². The van der Waals surface area contributed by atoms with Crippen LogP contribution in [0.5, 0.6) is 0 Å². The summed E-state index contributed by atoms with van der Waals surface area (Å²) in [4.78, 5) is 24.2. The maximum absolute atomic E-state index is 13.2. The Hall–Kier alpha value is -0.860. The van der Waals surface area contributed by atoms with Crippen molar-refractivity contribution in [2.24, 2.45) is 40.4 Å². The predicted molar refractivity (Wildman–Crippen MR) is 97.1 cm³/mol. The zero-order valence-corrected chi connectivity index (χ0v) is 15.9. The summed E-state index contributed by atoms with van der Waals surface area (Å²) in [5.41, 5.74) is 0.585. The van der Waals surface area contributed by atoms with Gasteiger partial charge in [0, 0.05) is 18.8 Å². The fraction of sp³-hybridized carbons (Fsp3) is 0.909. The molecule has 4 saturated carbocycles. The molecule has 0 spiro atoms. The molecule has 0 aromatic carbocycles. The van der Waals surface area contributed by atoms with E-state index in [1.807, 2.05) is 0 Å². The van der Waals surface area contributed by atoms with Gasteiger partial charge in [0.05, 0.1) is 0 Å². The number of fused-ring (bicyclic) bond motifs is 5. The molecule has 0 aromatic rings. The topological polar surface area (TPSA) is 54.4 Å². The molecule has 4 rings (SSSR count). The Bertz CT molecular complexity index is 570. The van der Waals surface area contributed by atoms with Gasteiger partial charge in [-0.25, -0.2) is 0 Å². The molecule has 7 unspecified atom stereocenters. The average Bonchev–Trinajstić information content (AvgIpc) is 2.90. The molecule has 4 fully saturated rings. The van der Waals surface area contributed by atoms with Crippen LogP contribution < -0.4 is 0 Å². The molecule has 0 saturated heterocycles. The van der Waals surface area contributed by atoms with Crippen LogP contribution in [-0.2, 0) is 9.59 Å². The van der Waals surface area contributed by atoms with Crippen molar-refractivity contribution in [1.82, 2.24) is 0 Å². The lowest BCUT2D eigenvalue weighted by molar-refractivity contribution is -0.156. The van der Waals surface area contributed by atoms with Gasteiger partial charge in [0.2, 0.25) is 0 Å². The summed E-state index contributed by atoms with van der Waals surface area (Å²) >= 11 is 0. The van der Waals surface area contributed by atoms with Gasteiger partial charge in [-0.3, -0.25) is 9.59 Å². The number of carbonyl (C=O) groups is 2. The molecule has 3 heteroatoms. The lowest BCUT2D eigenvalue weighted by atomic mass is 9.44. The van der Waals surface area contributed by atoms with Crippen molar-refractivity contribution in [3.63, 3.8) is 0 Å². The molecule has 0 aliphatic heterocycles. The fourth-order valence-electron chi connectivity index (χ4n) is 7.84. The van der Waals surface area contributed by atoms with Gasteiger partial charge in [-0.15, -0.1) is 0 Å². The Morgan fingerprint density at radius 1 is 1.04 bits per heavy atom. The van der Waals surface area contributed by atoms with E-state index in [0.29, 0.717) is 34.9 Å². The number of hydrogen-bond acceptors (Lipinski definition) is 2. The van der Waals surface area contributed by atoms with Gasteiger partial charge >= 0.3 is 5.97 Å². The van der Waals surface area contributed by atoms with Crippen LogP contribution in [0, 0.1) is 40.4 Å². The number of aliphatic carboxylic acids is 1. The molecule has 140 valence electrons. The number of Topliss-reactive ketones (excluding diaryl/α,β-unsaturated/α-hetero) is 1. The molecular formula is C22H34O3. The quantitative estimate of drug-likeness (QED) is 0.775. The second-order valence-corrected chi connectivity index (χ2v) is 10.1. The van der Waals surface area contributed by atoms with E-state index < -0.39 is 5.97 Å². The Kier molecular flexibility index (Phi) is 4.28. The molecule has 0 radical (unpaired) electrons. The Morgan fingerprint density at radius 2 is 1.80 bits per heavy atom. The van der Waals surface area contributed by atoms with Crippen molar-refractivity contribution in [3.8, 4) is 0 Å². The highest BCUT2D eigenvalue weighted by Crippen LogP contribution is 2.67. The maximum atomic E-state index is 13.2. The van der Waals surface area contributed by atoms with Crippen LogP contribution in [0.4, 0.5) is 0 Å². The summed E-state index contributed by atoms with van der Waals surface area (Å²) in [7, 11) is 0. The number of rotatable bonds is 3. The second kappa shape index (κ2) is 6.09. The van der Waals surface area contributed by atoms with E-state index in [9.17, 15) is 9.59 Å². The summed E-state index contributed by atoms with van der Waals surface area (Å²) in [6.07, 6.45) is 11.8. The summed E-state index contributed by atoms with van der Waals surface area (Å²) in [6.45, 7) is 4.89. The minimum absolute atomic E-state index is 0.199. The van der Waals surface area contributed by atoms with Crippen LogP contribution in [0.2, 0.25) is 0 Å². The molecule has 0 amide bonds. The molecule has 4 aliphatic carbocycles. The number of ketones is 1. The number of carboxylic acid groups (broad SMARTS) is 1. The summed E-state index contributed by atoms with van der Waals surface area (Å²) in [5, 5.41) is 9.09. The van der Waals surface area contributed by atoms with Crippen LogP contribution in [0.1, 0.15) is 84.5 Å². The van der Waals surface area contributed by atoms with Crippen molar-refractivity contribution in [2.45, 2.75) is 84.5 Å². The van der Waals surface area contributed by atoms with Crippen molar-refractivity contribution in [2.75, 3.05) is 0 Å². The zero-order chi connectivity index (χ0) is 17.8. The Balaban J connectivity index is 1.59. The van der Waals surface area contributed by atoms with E-state index in [-0.39, 0.29) is 17.8 Å². The summed E-state index contributed by atoms with van der Waals surface area (Å²) < 4.78 is 0. The van der Waals surface area contributed by atoms with E-state index in [4.69, 9.17) is 5.11 Å². The minimum atomic E-state index is -0.674. The van der Waals surface area contributed by atoms with Crippen molar-refractivity contribution < 1.29 is 14.7 Å². The number of carboxylic acids is 1. The van der Waals surface area contributed by atoms with Crippen LogP contribution in [0.15, 0.2) is 0 Å². The Labute approximate surface area is 151 Å². The van der Waals surface area contributed by atoms with E-state index in [2.05, 4.69) is 13.8 Å². The van der Waals surface area contributed by atoms with Crippen molar-refractivity contribution >= 4 is 11.8 Å². The van der Waals surface area contributed by atoms with Crippen molar-refractivity contribution in [1.29, 1.82) is 0 Å². The summed E-state index contributed by atoms with van der Waals surface area (Å²) in [5.74, 6) is 2.39. The van der Waals surface area contributed by atoms with Gasteiger partial charge in [0.25, 0.3) is 0 Å². The highest BCUT2D eigenvalue weighted by Gasteiger charge is 2.61. The number of carbonyl (C=O) groups excluding carboxylic acids is 1. The van der Waals surface area contributed by atoms with Crippen molar-refractivity contribution in [3.05, 3.63) is 0 Å². The number of hydrogen-bond donors (Lipinski definition) is 1. The first kappa shape index (κ1) is 17.5. The molecule has 7 atom stereocenters. The molecule has 25 heavy (non-hydrogen) atoms. The van der Waals surface area contributed by atoms with Gasteiger partial charge in [0.1, 0.15) is 5.78 Å². The lowest BCUT2D eigenvalue weighted by Gasteiger charge is -2.59. The largest absolute Gasteiger partial charge is 0.481 e. The van der Waals surface area contributed by atoms with Gasteiger partial charge in [-0.1, -0.05) is 26.7 Å². The van der Waals surface area contributed by atoms with Crippen LogP contribution in [0.3, 0.4) is 0 Å². The third kappa shape index (κ3) is 2.59. The summed E-state index contributed by atoms with van der Waals surface area (Å²) in [6, 6.07) is 0. The smallest absolute Gasteiger partial charge is 0.303 e. The van der Waals surface area contributed by atoms with E-state index in [0.717, 1.165) is 25.7 Å². The highest BCUT2D eigenvalue weighted by molar-refractivity contribution is 5.83. The van der Waals surface area contributed by atoms with E-state index in [1.54, 1.807) is 0 Å². The van der Waals surface area contributed by atoms with Gasteiger partial charge < -0.3 is 5.11 Å². The third-order valence-electron chi connectivity index (χ3n) is 9.29. The molecule has 3 nitrogen and oxygen atoms in total. The Morgan fingerprint density at radius 3 is 2.56 bits per heavy atom. The average molecular weight is 347 g/mol. The van der Waals surface area contributed by atoms with E-state index in [1.165, 1.54) is 38.5 Å². The highest BCUT2D eigenvalue weighted by atomic mass is 16.4. The lowest BCUT2D eigenvalue weighted by Crippen LogP contribution is -2.56. The van der Waals surface area contributed by atoms with E-state index >= 15 is 0 Å². The SMILES string of the molecule is CC12CCC3C(C(=O)CC4CCCCC43C)C1CCC2CCC(=O)O. The first-order chi connectivity index (χ1) is 11.9. The standard InChI is InChI=1S/C22H34O3/c1-21-11-4-3-5-15(21)13-18(23)20-16-8-6-14(7-9-19(24)25)22(16,2)12-10-17(20)21/h14-17,20H,3-13H2,1-2H3,(H,24,25). The monoisotopic (exact) mass is 346 g/mol. The second-order valence-electron chi connectivity index (χ2n) is 10.1. The molecule has 0 aromatic heterocycles. The predicted octanol–water partition coefficient (Wildman–Crippen LogP) is 5.08. The van der Waals surface area contributed by atoms with Crippen LogP contribution >= 0.6 is 0 Å². The zero-order valence-electron chi connectivity index (χ0n) is 15.9. The molecule has 1 N–H and O–H groups in total. The van der Waals surface area contributed by atoms with Gasteiger partial charge in [-0.2, -0.15) is 0 Å². The molecule has 0 bridgehead atoms. The molecule has 0 heterocycles. The first-order valence-corrected chi connectivity index (χ1v) is 10.6. The van der Waals surface area contributed by atoms with Crippen LogP contribution in [-0.4, -0.2) is 16.9 Å². The first-order valence-electron chi connectivity index (χ1n) is 10.6. The maximum Gasteiger partial charge on any atom is 0.303 e. The normalized spacial score (nSPS) is 49.2. The molecular weight excluding hydrogens is 312 g/mol. The van der Waals surface area contributed by atoms with Gasteiger partial charge in [0.15, 0.2) is 0 Å².